The van der Waals surface area contributed by atoms with Gasteiger partial charge in [0.05, 0.1) is 12.7 Å². The molecule has 0 saturated carbocycles. The van der Waals surface area contributed by atoms with E-state index in [-0.39, 0.29) is 5.91 Å². The van der Waals surface area contributed by atoms with Gasteiger partial charge >= 0.3 is 0 Å². The molecule has 2 aromatic rings. The zero-order valence-electron chi connectivity index (χ0n) is 13.3. The highest BCUT2D eigenvalue weighted by Gasteiger charge is 2.15. The molecule has 2 rings (SSSR count). The Bertz CT molecular complexity index is 768. The van der Waals surface area contributed by atoms with Crippen LogP contribution >= 0.6 is 11.3 Å². The van der Waals surface area contributed by atoms with Crippen LogP contribution in [-0.4, -0.2) is 13.0 Å². The fraction of sp³-hybridized carbons (Fsp3) is 0.222. The first kappa shape index (κ1) is 16.8. The number of rotatable bonds is 5. The minimum Gasteiger partial charge on any atom is -0.497 e. The Balaban J connectivity index is 2.10. The van der Waals surface area contributed by atoms with E-state index in [1.54, 1.807) is 13.2 Å². The van der Waals surface area contributed by atoms with Crippen LogP contribution in [0.25, 0.3) is 6.08 Å². The minimum atomic E-state index is -0.249. The molecule has 0 bridgehead atoms. The summed E-state index contributed by atoms with van der Waals surface area (Å²) >= 11 is 1.44. The first-order chi connectivity index (χ1) is 11.1. The monoisotopic (exact) mass is 326 g/mol. The number of hydrogen-bond donors (Lipinski definition) is 1. The first-order valence-corrected chi connectivity index (χ1v) is 8.06. The van der Waals surface area contributed by atoms with E-state index in [2.05, 4.69) is 11.4 Å². The Hall–Kier alpha value is -2.58. The van der Waals surface area contributed by atoms with Crippen LogP contribution in [0.4, 0.5) is 5.00 Å². The maximum Gasteiger partial charge on any atom is 0.249 e. The second kappa shape index (κ2) is 7.61. The van der Waals surface area contributed by atoms with Crippen molar-refractivity contribution >= 4 is 28.3 Å². The van der Waals surface area contributed by atoms with E-state index in [4.69, 9.17) is 4.74 Å². The summed E-state index contributed by atoms with van der Waals surface area (Å²) in [4.78, 5) is 13.1. The molecule has 0 aliphatic heterocycles. The van der Waals surface area contributed by atoms with Crippen LogP contribution in [-0.2, 0) is 11.2 Å². The standard InChI is InChI=1S/C18H18N2O2S/c1-4-15-12(2)23-18(16(15)11-19)20-17(21)10-7-13-5-8-14(22-3)9-6-13/h5-10H,4H2,1-3H3,(H,20,21). The molecule has 1 heterocycles. The quantitative estimate of drug-likeness (QED) is 0.840. The number of thiophene rings is 1. The van der Waals surface area contributed by atoms with Gasteiger partial charge in [-0.3, -0.25) is 4.79 Å². The van der Waals surface area contributed by atoms with E-state index < -0.39 is 0 Å². The molecule has 4 nitrogen and oxygen atoms in total. The highest BCUT2D eigenvalue weighted by atomic mass is 32.1. The summed E-state index contributed by atoms with van der Waals surface area (Å²) in [7, 11) is 1.61. The molecule has 1 aromatic heterocycles. The number of amides is 1. The second-order valence-electron chi connectivity index (χ2n) is 4.90. The van der Waals surface area contributed by atoms with Gasteiger partial charge < -0.3 is 10.1 Å². The lowest BCUT2D eigenvalue weighted by Gasteiger charge is -2.01. The molecule has 23 heavy (non-hydrogen) atoms. The lowest BCUT2D eigenvalue weighted by Crippen LogP contribution is -2.07. The van der Waals surface area contributed by atoms with E-state index in [0.717, 1.165) is 28.2 Å². The van der Waals surface area contributed by atoms with Crippen LogP contribution in [0.1, 0.15) is 28.5 Å². The van der Waals surface area contributed by atoms with Crippen molar-refractivity contribution in [1.82, 2.24) is 0 Å². The van der Waals surface area contributed by atoms with E-state index in [1.807, 2.05) is 38.1 Å². The SMILES string of the molecule is CCc1c(C)sc(NC(=O)C=Cc2ccc(OC)cc2)c1C#N. The molecule has 0 aliphatic carbocycles. The predicted octanol–water partition coefficient (Wildman–Crippen LogP) is 4.15. The second-order valence-corrected chi connectivity index (χ2v) is 6.13. The van der Waals surface area contributed by atoms with Crippen LogP contribution in [0.3, 0.4) is 0 Å². The number of hydrogen-bond acceptors (Lipinski definition) is 4. The van der Waals surface area contributed by atoms with Crippen molar-refractivity contribution in [3.05, 3.63) is 51.9 Å². The highest BCUT2D eigenvalue weighted by Crippen LogP contribution is 2.32. The van der Waals surface area contributed by atoms with Gasteiger partial charge in [0.15, 0.2) is 0 Å². The summed E-state index contributed by atoms with van der Waals surface area (Å²) < 4.78 is 5.09. The Morgan fingerprint density at radius 1 is 1.39 bits per heavy atom. The lowest BCUT2D eigenvalue weighted by molar-refractivity contribution is -0.111. The molecule has 1 aromatic carbocycles. The lowest BCUT2D eigenvalue weighted by atomic mass is 10.1. The summed E-state index contributed by atoms with van der Waals surface area (Å²) in [5.74, 6) is 0.521. The number of anilines is 1. The van der Waals surface area contributed by atoms with Gasteiger partial charge in [-0.2, -0.15) is 5.26 Å². The van der Waals surface area contributed by atoms with Crippen molar-refractivity contribution in [3.8, 4) is 11.8 Å². The van der Waals surface area contributed by atoms with Crippen molar-refractivity contribution < 1.29 is 9.53 Å². The van der Waals surface area contributed by atoms with Gasteiger partial charge in [-0.05, 0) is 42.7 Å². The number of aryl methyl sites for hydroxylation is 1. The van der Waals surface area contributed by atoms with Crippen molar-refractivity contribution in [2.75, 3.05) is 12.4 Å². The Morgan fingerprint density at radius 2 is 2.09 bits per heavy atom. The van der Waals surface area contributed by atoms with Gasteiger partial charge in [0.2, 0.25) is 5.91 Å². The van der Waals surface area contributed by atoms with Crippen molar-refractivity contribution in [2.24, 2.45) is 0 Å². The van der Waals surface area contributed by atoms with Crippen LogP contribution in [0.2, 0.25) is 0 Å². The molecule has 5 heteroatoms. The van der Waals surface area contributed by atoms with Crippen LogP contribution in [0.5, 0.6) is 5.75 Å². The predicted molar refractivity (Wildman–Crippen MR) is 93.8 cm³/mol. The van der Waals surface area contributed by atoms with E-state index in [9.17, 15) is 10.1 Å². The zero-order chi connectivity index (χ0) is 16.8. The molecule has 1 amide bonds. The minimum absolute atomic E-state index is 0.249. The molecule has 0 saturated heterocycles. The van der Waals surface area contributed by atoms with Gasteiger partial charge in [0.25, 0.3) is 0 Å². The number of methoxy groups -OCH3 is 1. The normalized spacial score (nSPS) is 10.5. The van der Waals surface area contributed by atoms with Crippen LogP contribution < -0.4 is 10.1 Å². The van der Waals surface area contributed by atoms with Crippen molar-refractivity contribution in [1.29, 1.82) is 5.26 Å². The topological polar surface area (TPSA) is 62.1 Å². The molecule has 0 atom stereocenters. The number of nitrogens with zero attached hydrogens (tertiary/aromatic N) is 1. The summed E-state index contributed by atoms with van der Waals surface area (Å²) in [6, 6.07) is 9.59. The van der Waals surface area contributed by atoms with Gasteiger partial charge in [0.1, 0.15) is 16.8 Å². The Kier molecular flexibility index (Phi) is 5.56. The van der Waals surface area contributed by atoms with E-state index in [1.165, 1.54) is 17.4 Å². The number of carbonyl (C=O) groups is 1. The van der Waals surface area contributed by atoms with Crippen LogP contribution in [0.15, 0.2) is 30.3 Å². The van der Waals surface area contributed by atoms with Crippen molar-refractivity contribution in [2.45, 2.75) is 20.3 Å². The third-order valence-corrected chi connectivity index (χ3v) is 4.52. The zero-order valence-corrected chi connectivity index (χ0v) is 14.2. The highest BCUT2D eigenvalue weighted by molar-refractivity contribution is 7.16. The van der Waals surface area contributed by atoms with Gasteiger partial charge in [-0.25, -0.2) is 0 Å². The molecule has 0 unspecified atom stereocenters. The van der Waals surface area contributed by atoms with E-state index >= 15 is 0 Å². The van der Waals surface area contributed by atoms with Gasteiger partial charge in [-0.1, -0.05) is 19.1 Å². The Labute approximate surface area is 140 Å². The summed E-state index contributed by atoms with van der Waals surface area (Å²) in [5, 5.41) is 12.7. The molecule has 118 valence electrons. The van der Waals surface area contributed by atoms with E-state index in [0.29, 0.717) is 10.6 Å². The molecule has 1 N–H and O–H groups in total. The fourth-order valence-electron chi connectivity index (χ4n) is 2.25. The molecule has 0 spiro atoms. The molecule has 0 fully saturated rings. The molecular weight excluding hydrogens is 308 g/mol. The van der Waals surface area contributed by atoms with Gasteiger partial charge in [0, 0.05) is 11.0 Å². The maximum absolute atomic E-state index is 12.1. The first-order valence-electron chi connectivity index (χ1n) is 7.24. The fourth-order valence-corrected chi connectivity index (χ4v) is 3.35. The molecular formula is C18H18N2O2S. The summed E-state index contributed by atoms with van der Waals surface area (Å²) in [6.07, 6.45) is 3.97. The smallest absolute Gasteiger partial charge is 0.249 e. The molecule has 0 radical (unpaired) electrons. The van der Waals surface area contributed by atoms with Crippen LogP contribution in [0, 0.1) is 18.3 Å². The molecule has 0 aliphatic rings. The number of nitrogens with one attached hydrogen (secondary N) is 1. The number of benzene rings is 1. The third-order valence-electron chi connectivity index (χ3n) is 3.45. The summed E-state index contributed by atoms with van der Waals surface area (Å²) in [6.45, 7) is 3.97. The van der Waals surface area contributed by atoms with Gasteiger partial charge in [-0.15, -0.1) is 11.3 Å². The number of nitriles is 1. The van der Waals surface area contributed by atoms with Crippen molar-refractivity contribution in [3.63, 3.8) is 0 Å². The Morgan fingerprint density at radius 3 is 2.65 bits per heavy atom. The average molecular weight is 326 g/mol. The third kappa shape index (κ3) is 3.99. The average Bonchev–Trinajstić information content (AvgIpc) is 2.87. The number of ether oxygens (including phenoxy) is 1. The summed E-state index contributed by atoms with van der Waals surface area (Å²) in [5.41, 5.74) is 2.48. The largest absolute Gasteiger partial charge is 0.497 e. The number of carbonyl (C=O) groups excluding carboxylic acids is 1. The maximum atomic E-state index is 12.1.